The summed E-state index contributed by atoms with van der Waals surface area (Å²) in [6.45, 7) is 0.169. The second-order valence-electron chi connectivity index (χ2n) is 5.74. The zero-order valence-electron chi connectivity index (χ0n) is 14.6. The lowest BCUT2D eigenvalue weighted by atomic mass is 10.2. The number of hydrogen-bond acceptors (Lipinski definition) is 4. The van der Waals surface area contributed by atoms with Crippen molar-refractivity contribution in [1.82, 2.24) is 5.32 Å². The second-order valence-corrected chi connectivity index (χ2v) is 6.93. The Kier molecular flexibility index (Phi) is 6.73. The number of halogens is 2. The van der Waals surface area contributed by atoms with Gasteiger partial charge in [-0.1, -0.05) is 29.8 Å². The minimum Gasteiger partial charge on any atom is -0.489 e. The first-order valence-corrected chi connectivity index (χ1v) is 9.48. The molecule has 0 saturated heterocycles. The van der Waals surface area contributed by atoms with E-state index in [1.807, 2.05) is 24.3 Å². The number of hydrogen-bond donors (Lipinski definition) is 2. The molecule has 144 valence electrons. The maximum absolute atomic E-state index is 12.0. The quantitative estimate of drug-likeness (QED) is 0.535. The van der Waals surface area contributed by atoms with Crippen LogP contribution in [0.25, 0.3) is 0 Å². The molecule has 0 bridgehead atoms. The van der Waals surface area contributed by atoms with Crippen LogP contribution in [0.4, 0.5) is 5.69 Å². The van der Waals surface area contributed by atoms with E-state index in [2.05, 4.69) is 26.6 Å². The summed E-state index contributed by atoms with van der Waals surface area (Å²) in [5.41, 5.74) is 1.48. The third-order valence-electron chi connectivity index (χ3n) is 3.70. The van der Waals surface area contributed by atoms with E-state index in [9.17, 15) is 9.59 Å². The number of ether oxygens (including phenoxy) is 1. The van der Waals surface area contributed by atoms with Gasteiger partial charge in [-0.2, -0.15) is 0 Å². The van der Waals surface area contributed by atoms with Gasteiger partial charge in [0, 0.05) is 16.3 Å². The summed E-state index contributed by atoms with van der Waals surface area (Å²) >= 11 is 9.22. The van der Waals surface area contributed by atoms with Gasteiger partial charge >= 0.3 is 0 Å². The van der Waals surface area contributed by atoms with Gasteiger partial charge in [0.2, 0.25) is 5.91 Å². The minimum atomic E-state index is -0.468. The topological polar surface area (TPSA) is 80.6 Å². The number of furan rings is 1. The van der Waals surface area contributed by atoms with Crippen molar-refractivity contribution in [2.45, 2.75) is 6.61 Å². The largest absolute Gasteiger partial charge is 0.489 e. The number of rotatable bonds is 7. The summed E-state index contributed by atoms with van der Waals surface area (Å²) < 4.78 is 11.3. The van der Waals surface area contributed by atoms with Gasteiger partial charge in [0.1, 0.15) is 12.4 Å². The normalized spacial score (nSPS) is 10.4. The van der Waals surface area contributed by atoms with Crippen LogP contribution < -0.4 is 15.4 Å². The third kappa shape index (κ3) is 5.61. The third-order valence-corrected chi connectivity index (χ3v) is 4.49. The Morgan fingerprint density at radius 2 is 1.79 bits per heavy atom. The van der Waals surface area contributed by atoms with E-state index in [-0.39, 0.29) is 18.2 Å². The van der Waals surface area contributed by atoms with E-state index in [1.165, 1.54) is 6.07 Å². The van der Waals surface area contributed by atoms with Crippen molar-refractivity contribution in [3.63, 3.8) is 0 Å². The van der Waals surface area contributed by atoms with Crippen LogP contribution in [0, 0.1) is 0 Å². The van der Waals surface area contributed by atoms with E-state index in [0.717, 1.165) is 5.56 Å². The first-order chi connectivity index (χ1) is 13.5. The molecule has 2 amide bonds. The molecule has 0 unspecified atom stereocenters. The van der Waals surface area contributed by atoms with E-state index in [1.54, 1.807) is 30.3 Å². The molecule has 0 aliphatic carbocycles. The lowest BCUT2D eigenvalue weighted by molar-refractivity contribution is -0.115. The van der Waals surface area contributed by atoms with Gasteiger partial charge in [0.25, 0.3) is 5.91 Å². The molecule has 1 heterocycles. The molecule has 3 rings (SSSR count). The van der Waals surface area contributed by atoms with Gasteiger partial charge in [0.15, 0.2) is 10.4 Å². The van der Waals surface area contributed by atoms with Gasteiger partial charge in [-0.25, -0.2) is 0 Å². The minimum absolute atomic E-state index is 0.125. The molecule has 28 heavy (non-hydrogen) atoms. The van der Waals surface area contributed by atoms with Crippen molar-refractivity contribution in [3.8, 4) is 5.75 Å². The molecule has 3 aromatic rings. The monoisotopic (exact) mass is 462 g/mol. The van der Waals surface area contributed by atoms with Crippen LogP contribution in [0.2, 0.25) is 5.02 Å². The highest BCUT2D eigenvalue weighted by molar-refractivity contribution is 9.10. The average Bonchev–Trinajstić information content (AvgIpc) is 3.13. The molecule has 0 fully saturated rings. The molecule has 0 atom stereocenters. The van der Waals surface area contributed by atoms with Crippen molar-refractivity contribution < 1.29 is 18.7 Å². The van der Waals surface area contributed by atoms with Crippen LogP contribution in [-0.2, 0) is 11.4 Å². The van der Waals surface area contributed by atoms with Crippen LogP contribution in [0.5, 0.6) is 5.75 Å². The summed E-state index contributed by atoms with van der Waals surface area (Å²) in [4.78, 5) is 23.8. The van der Waals surface area contributed by atoms with Crippen LogP contribution in [0.1, 0.15) is 16.1 Å². The molecule has 6 nitrogen and oxygen atoms in total. The summed E-state index contributed by atoms with van der Waals surface area (Å²) in [7, 11) is 0. The summed E-state index contributed by atoms with van der Waals surface area (Å²) in [6, 6.07) is 17.5. The molecule has 0 aliphatic heterocycles. The number of amides is 2. The van der Waals surface area contributed by atoms with Gasteiger partial charge < -0.3 is 19.8 Å². The van der Waals surface area contributed by atoms with E-state index in [4.69, 9.17) is 20.8 Å². The van der Waals surface area contributed by atoms with E-state index in [0.29, 0.717) is 27.7 Å². The molecule has 0 aliphatic rings. The highest BCUT2D eigenvalue weighted by atomic mass is 79.9. The Balaban J connectivity index is 1.46. The lowest BCUT2D eigenvalue weighted by Gasteiger charge is -2.09. The predicted molar refractivity (Wildman–Crippen MR) is 110 cm³/mol. The molecule has 0 spiro atoms. The Hall–Kier alpha value is -2.77. The molecular weight excluding hydrogens is 448 g/mol. The zero-order chi connectivity index (χ0) is 19.9. The molecule has 2 N–H and O–H groups in total. The molecule has 2 aromatic carbocycles. The maximum atomic E-state index is 12.0. The Labute approximate surface area is 175 Å². The van der Waals surface area contributed by atoms with Gasteiger partial charge in [-0.05, 0) is 58.4 Å². The molecule has 0 radical (unpaired) electrons. The first-order valence-electron chi connectivity index (χ1n) is 8.31. The fourth-order valence-corrected chi connectivity index (χ4v) is 2.80. The van der Waals surface area contributed by atoms with E-state index < -0.39 is 5.91 Å². The SMILES string of the molecule is O=C(CNC(=O)c1ccc(Br)o1)Nc1ccc(OCc2ccccc2Cl)cc1. The number of carbonyl (C=O) groups excluding carboxylic acids is 2. The predicted octanol–water partition coefficient (Wildman–Crippen LogP) is 4.64. The summed E-state index contributed by atoms with van der Waals surface area (Å²) in [6.07, 6.45) is 0. The van der Waals surface area contributed by atoms with Crippen molar-refractivity contribution >= 4 is 45.0 Å². The Morgan fingerprint density at radius 1 is 1.04 bits per heavy atom. The highest BCUT2D eigenvalue weighted by Crippen LogP contribution is 2.20. The van der Waals surface area contributed by atoms with E-state index >= 15 is 0 Å². The fourth-order valence-electron chi connectivity index (χ4n) is 2.30. The summed E-state index contributed by atoms with van der Waals surface area (Å²) in [5.74, 6) is -0.0535. The molecule has 8 heteroatoms. The van der Waals surface area contributed by atoms with Gasteiger partial charge in [-0.15, -0.1) is 0 Å². The Morgan fingerprint density at radius 3 is 2.46 bits per heavy atom. The second kappa shape index (κ2) is 9.43. The van der Waals surface area contributed by atoms with Crippen molar-refractivity contribution in [2.24, 2.45) is 0 Å². The zero-order valence-corrected chi connectivity index (χ0v) is 16.9. The molecular formula is C20H16BrClN2O4. The lowest BCUT2D eigenvalue weighted by Crippen LogP contribution is -2.32. The van der Waals surface area contributed by atoms with Gasteiger partial charge in [0.05, 0.1) is 6.54 Å². The van der Waals surface area contributed by atoms with Crippen LogP contribution in [0.3, 0.4) is 0 Å². The first kappa shape index (κ1) is 20.0. The van der Waals surface area contributed by atoms with Crippen molar-refractivity contribution in [2.75, 3.05) is 11.9 Å². The molecule has 1 aromatic heterocycles. The van der Waals surface area contributed by atoms with Crippen molar-refractivity contribution in [1.29, 1.82) is 0 Å². The van der Waals surface area contributed by atoms with Crippen LogP contribution in [0.15, 0.2) is 69.8 Å². The Bertz CT molecular complexity index is 972. The van der Waals surface area contributed by atoms with Crippen LogP contribution in [-0.4, -0.2) is 18.4 Å². The number of anilines is 1. The number of carbonyl (C=O) groups is 2. The standard InChI is InChI=1S/C20H16BrClN2O4/c21-18-10-9-17(28-18)20(26)23-11-19(25)24-14-5-7-15(8-6-14)27-12-13-3-1-2-4-16(13)22/h1-10H,11-12H2,(H,23,26)(H,24,25). The molecule has 0 saturated carbocycles. The average molecular weight is 464 g/mol. The summed E-state index contributed by atoms with van der Waals surface area (Å²) in [5, 5.41) is 5.83. The highest BCUT2D eigenvalue weighted by Gasteiger charge is 2.12. The number of nitrogens with one attached hydrogen (secondary N) is 2. The fraction of sp³-hybridized carbons (Fsp3) is 0.100. The maximum Gasteiger partial charge on any atom is 0.287 e. The van der Waals surface area contributed by atoms with Gasteiger partial charge in [-0.3, -0.25) is 9.59 Å². The smallest absolute Gasteiger partial charge is 0.287 e. The number of benzene rings is 2. The van der Waals surface area contributed by atoms with Crippen molar-refractivity contribution in [3.05, 3.63) is 81.7 Å². The van der Waals surface area contributed by atoms with Crippen LogP contribution >= 0.6 is 27.5 Å².